The first kappa shape index (κ1) is 19.2. The highest BCUT2D eigenvalue weighted by Crippen LogP contribution is 2.26. The van der Waals surface area contributed by atoms with E-state index >= 15 is 0 Å². The molecule has 0 fully saturated rings. The van der Waals surface area contributed by atoms with Crippen molar-refractivity contribution in [2.24, 2.45) is 0 Å². The lowest BCUT2D eigenvalue weighted by molar-refractivity contribution is -0.581. The van der Waals surface area contributed by atoms with Crippen molar-refractivity contribution in [1.29, 1.82) is 0 Å². The number of nitrogens with zero attached hydrogens (tertiary/aromatic N) is 2. The third-order valence-corrected chi connectivity index (χ3v) is 3.98. The van der Waals surface area contributed by atoms with E-state index in [1.807, 2.05) is 6.92 Å². The number of carbonyl (C=O) groups excluding carboxylic acids is 2. The standard InChI is InChI=1S/C16H16Cl2N2O5/c1-3-5-14(21)25-8-12-15(16(22)24-4-2)20(23)13-7-10(18)9(17)6-11(13)19-12/h6-7H,3-5,8H2,1-2H3. The molecule has 1 aromatic heterocycles. The zero-order valence-electron chi connectivity index (χ0n) is 13.7. The molecule has 0 unspecified atom stereocenters. The topological polar surface area (TPSA) is 92.4 Å². The van der Waals surface area contributed by atoms with Crippen molar-refractivity contribution in [3.63, 3.8) is 0 Å². The molecular weight excluding hydrogens is 371 g/mol. The highest BCUT2D eigenvalue weighted by atomic mass is 35.5. The van der Waals surface area contributed by atoms with Crippen molar-refractivity contribution in [3.8, 4) is 0 Å². The van der Waals surface area contributed by atoms with E-state index in [4.69, 9.17) is 32.7 Å². The predicted octanol–water partition coefficient (Wildman–Crippen LogP) is 3.20. The van der Waals surface area contributed by atoms with Crippen LogP contribution in [-0.4, -0.2) is 23.5 Å². The Kier molecular flexibility index (Phi) is 6.39. The summed E-state index contributed by atoms with van der Waals surface area (Å²) in [5.41, 5.74) is -0.0825. The third-order valence-electron chi connectivity index (χ3n) is 3.26. The van der Waals surface area contributed by atoms with E-state index in [1.54, 1.807) is 6.92 Å². The van der Waals surface area contributed by atoms with E-state index in [9.17, 15) is 14.8 Å². The molecule has 0 radical (unpaired) electrons. The number of ether oxygens (including phenoxy) is 2. The van der Waals surface area contributed by atoms with Gasteiger partial charge in [-0.05, 0) is 19.4 Å². The summed E-state index contributed by atoms with van der Waals surface area (Å²) in [7, 11) is 0. The lowest BCUT2D eigenvalue weighted by atomic mass is 10.2. The van der Waals surface area contributed by atoms with Crippen LogP contribution >= 0.6 is 23.2 Å². The maximum Gasteiger partial charge on any atom is 0.407 e. The minimum Gasteiger partial charge on any atom is -0.618 e. The van der Waals surface area contributed by atoms with Gasteiger partial charge in [0.05, 0.1) is 16.7 Å². The maximum atomic E-state index is 12.6. The second-order valence-electron chi connectivity index (χ2n) is 5.09. The van der Waals surface area contributed by atoms with Gasteiger partial charge in [0, 0.05) is 12.5 Å². The molecule has 9 heteroatoms. The van der Waals surface area contributed by atoms with Crippen molar-refractivity contribution in [3.05, 3.63) is 38.8 Å². The number of esters is 2. The maximum absolute atomic E-state index is 12.6. The summed E-state index contributed by atoms with van der Waals surface area (Å²) in [5.74, 6) is -1.31. The molecule has 0 bridgehead atoms. The number of fused-ring (bicyclic) bond motifs is 1. The number of aromatic nitrogens is 2. The summed E-state index contributed by atoms with van der Waals surface area (Å²) >= 11 is 11.9. The van der Waals surface area contributed by atoms with Crippen LogP contribution in [-0.2, 0) is 20.9 Å². The smallest absolute Gasteiger partial charge is 0.407 e. The Labute approximate surface area is 154 Å². The number of carbonyl (C=O) groups is 2. The van der Waals surface area contributed by atoms with E-state index in [0.29, 0.717) is 11.2 Å². The minimum atomic E-state index is -0.862. The number of halogens is 2. The molecule has 0 saturated carbocycles. The summed E-state index contributed by atoms with van der Waals surface area (Å²) in [6.07, 6.45) is 0.839. The van der Waals surface area contributed by atoms with Crippen molar-refractivity contribution in [1.82, 2.24) is 4.98 Å². The van der Waals surface area contributed by atoms with Gasteiger partial charge in [-0.15, -0.1) is 0 Å². The van der Waals surface area contributed by atoms with Crippen LogP contribution in [0.25, 0.3) is 11.0 Å². The summed E-state index contributed by atoms with van der Waals surface area (Å²) in [6, 6.07) is 2.72. The van der Waals surface area contributed by atoms with Gasteiger partial charge >= 0.3 is 17.6 Å². The van der Waals surface area contributed by atoms with E-state index in [-0.39, 0.29) is 52.1 Å². The predicted molar refractivity (Wildman–Crippen MR) is 91.4 cm³/mol. The molecule has 134 valence electrons. The Morgan fingerprint density at radius 1 is 1.20 bits per heavy atom. The normalized spacial score (nSPS) is 10.7. The van der Waals surface area contributed by atoms with Crippen LogP contribution in [0.1, 0.15) is 42.9 Å². The Morgan fingerprint density at radius 3 is 2.52 bits per heavy atom. The largest absolute Gasteiger partial charge is 0.618 e. The van der Waals surface area contributed by atoms with E-state index < -0.39 is 11.9 Å². The van der Waals surface area contributed by atoms with Gasteiger partial charge in [-0.1, -0.05) is 30.1 Å². The van der Waals surface area contributed by atoms with Crippen molar-refractivity contribution >= 4 is 46.2 Å². The van der Waals surface area contributed by atoms with Crippen LogP contribution in [0.4, 0.5) is 0 Å². The van der Waals surface area contributed by atoms with E-state index in [0.717, 1.165) is 0 Å². The van der Waals surface area contributed by atoms with Crippen LogP contribution in [0.3, 0.4) is 0 Å². The molecule has 0 N–H and O–H groups in total. The van der Waals surface area contributed by atoms with Gasteiger partial charge in [-0.3, -0.25) is 4.79 Å². The first-order valence-electron chi connectivity index (χ1n) is 7.62. The van der Waals surface area contributed by atoms with E-state index in [1.165, 1.54) is 12.1 Å². The molecule has 0 spiro atoms. The van der Waals surface area contributed by atoms with Gasteiger partial charge < -0.3 is 14.7 Å². The lowest BCUT2D eigenvalue weighted by Gasteiger charge is -2.12. The van der Waals surface area contributed by atoms with Gasteiger partial charge in [0.25, 0.3) is 0 Å². The molecule has 1 heterocycles. The van der Waals surface area contributed by atoms with Crippen LogP contribution < -0.4 is 4.73 Å². The van der Waals surface area contributed by atoms with Crippen LogP contribution in [0.5, 0.6) is 0 Å². The Hall–Kier alpha value is -2.12. The molecule has 0 amide bonds. The average Bonchev–Trinajstić information content (AvgIpc) is 2.55. The molecule has 2 aromatic rings. The van der Waals surface area contributed by atoms with Crippen LogP contribution in [0.2, 0.25) is 10.0 Å². The molecular formula is C16H16Cl2N2O5. The number of hydrogen-bond acceptors (Lipinski definition) is 6. The Bertz CT molecular complexity index is 826. The first-order chi connectivity index (χ1) is 11.9. The highest BCUT2D eigenvalue weighted by molar-refractivity contribution is 6.42. The van der Waals surface area contributed by atoms with Crippen molar-refractivity contribution in [2.75, 3.05) is 6.61 Å². The number of benzene rings is 1. The van der Waals surface area contributed by atoms with Crippen molar-refractivity contribution < 1.29 is 23.8 Å². The fraction of sp³-hybridized carbons (Fsp3) is 0.375. The number of hydrogen-bond donors (Lipinski definition) is 0. The quantitative estimate of drug-likeness (QED) is 0.429. The van der Waals surface area contributed by atoms with Gasteiger partial charge in [-0.25, -0.2) is 9.78 Å². The molecule has 0 aliphatic rings. The van der Waals surface area contributed by atoms with Crippen molar-refractivity contribution in [2.45, 2.75) is 33.3 Å². The zero-order valence-corrected chi connectivity index (χ0v) is 15.2. The lowest BCUT2D eigenvalue weighted by Crippen LogP contribution is -2.39. The number of rotatable bonds is 6. The van der Waals surface area contributed by atoms with Gasteiger partial charge in [0.15, 0.2) is 5.69 Å². The molecule has 25 heavy (non-hydrogen) atoms. The fourth-order valence-corrected chi connectivity index (χ4v) is 2.46. The molecule has 0 aliphatic carbocycles. The molecule has 2 rings (SSSR count). The van der Waals surface area contributed by atoms with Crippen LogP contribution in [0, 0.1) is 5.21 Å². The van der Waals surface area contributed by atoms with Crippen LogP contribution in [0.15, 0.2) is 12.1 Å². The monoisotopic (exact) mass is 386 g/mol. The van der Waals surface area contributed by atoms with Gasteiger partial charge in [0.2, 0.25) is 5.52 Å². The highest BCUT2D eigenvalue weighted by Gasteiger charge is 2.28. The second kappa shape index (κ2) is 8.31. The van der Waals surface area contributed by atoms with Gasteiger partial charge in [-0.2, -0.15) is 4.73 Å². The molecule has 0 atom stereocenters. The first-order valence-corrected chi connectivity index (χ1v) is 8.38. The second-order valence-corrected chi connectivity index (χ2v) is 5.90. The molecule has 1 aromatic carbocycles. The van der Waals surface area contributed by atoms with Gasteiger partial charge in [0.1, 0.15) is 12.1 Å². The molecule has 0 saturated heterocycles. The van der Waals surface area contributed by atoms with E-state index in [2.05, 4.69) is 4.98 Å². The minimum absolute atomic E-state index is 0.0104. The Morgan fingerprint density at radius 2 is 1.88 bits per heavy atom. The average molecular weight is 387 g/mol. The SMILES string of the molecule is CCCC(=O)OCc1nc2cc(Cl)c(Cl)cc2[n+]([O-])c1C(=O)OCC. The molecule has 0 aliphatic heterocycles. The fourth-order valence-electron chi connectivity index (χ4n) is 2.14. The summed E-state index contributed by atoms with van der Waals surface area (Å²) in [4.78, 5) is 28.0. The summed E-state index contributed by atoms with van der Waals surface area (Å²) in [6.45, 7) is 3.19. The molecule has 7 nitrogen and oxygen atoms in total. The summed E-state index contributed by atoms with van der Waals surface area (Å²) in [5, 5.41) is 13.0. The zero-order chi connectivity index (χ0) is 18.6. The Balaban J connectivity index is 2.55. The third kappa shape index (κ3) is 4.29. The summed E-state index contributed by atoms with van der Waals surface area (Å²) < 4.78 is 10.3.